The number of sulfonamides is 1. The fourth-order valence-electron chi connectivity index (χ4n) is 3.33. The number of carbonyl (C=O) groups excluding carboxylic acids is 1. The van der Waals surface area contributed by atoms with Gasteiger partial charge in [0.25, 0.3) is 15.6 Å². The normalized spacial score (nSPS) is 11.8. The number of nitrogens with one attached hydrogen (secondary N) is 1. The van der Waals surface area contributed by atoms with Gasteiger partial charge >= 0.3 is 5.69 Å². The lowest BCUT2D eigenvalue weighted by atomic mass is 10.2. The molecule has 0 saturated heterocycles. The molecule has 33 heavy (non-hydrogen) atoms. The smallest absolute Gasteiger partial charge is 0.330 e. The minimum atomic E-state index is -3.60. The largest absolute Gasteiger partial charge is 0.383 e. The molecule has 2 aromatic rings. The van der Waals surface area contributed by atoms with Gasteiger partial charge < -0.3 is 10.6 Å². The summed E-state index contributed by atoms with van der Waals surface area (Å²) in [5, 5.41) is 1.69. The van der Waals surface area contributed by atoms with Crippen LogP contribution in [0.15, 0.2) is 31.3 Å². The second kappa shape index (κ2) is 12.1. The molecule has 0 aliphatic heterocycles. The zero-order valence-corrected chi connectivity index (χ0v) is 21.0. The number of aromatic nitrogens is 2. The maximum absolute atomic E-state index is 13.1. The van der Waals surface area contributed by atoms with E-state index in [0.717, 1.165) is 24.2 Å². The van der Waals surface area contributed by atoms with E-state index in [0.29, 0.717) is 19.4 Å². The van der Waals surface area contributed by atoms with Crippen LogP contribution < -0.4 is 21.9 Å². The van der Waals surface area contributed by atoms with Gasteiger partial charge in [-0.15, -0.1) is 11.3 Å². The number of rotatable bonds is 13. The molecule has 0 saturated carbocycles. The molecule has 0 unspecified atom stereocenters. The first kappa shape index (κ1) is 26.8. The van der Waals surface area contributed by atoms with E-state index in [-0.39, 0.29) is 47.6 Å². The van der Waals surface area contributed by atoms with Crippen molar-refractivity contribution in [3.8, 4) is 0 Å². The Hall–Kier alpha value is -2.44. The maximum Gasteiger partial charge on any atom is 0.330 e. The minimum absolute atomic E-state index is 0.0243. The molecule has 12 heteroatoms. The summed E-state index contributed by atoms with van der Waals surface area (Å²) in [5.41, 5.74) is 4.86. The Bertz CT molecular complexity index is 1140. The van der Waals surface area contributed by atoms with Crippen LogP contribution in [0.1, 0.15) is 52.4 Å². The molecule has 0 aromatic carbocycles. The van der Waals surface area contributed by atoms with Crippen molar-refractivity contribution >= 4 is 38.8 Å². The summed E-state index contributed by atoms with van der Waals surface area (Å²) in [7, 11) is -2.13. The van der Waals surface area contributed by atoms with Crippen molar-refractivity contribution in [3.63, 3.8) is 0 Å². The van der Waals surface area contributed by atoms with E-state index in [1.165, 1.54) is 26.9 Å². The van der Waals surface area contributed by atoms with Crippen LogP contribution in [0, 0.1) is 0 Å². The van der Waals surface area contributed by atoms with Crippen molar-refractivity contribution in [2.24, 2.45) is 0 Å². The molecule has 0 aliphatic rings. The van der Waals surface area contributed by atoms with Crippen molar-refractivity contribution in [3.05, 3.63) is 38.4 Å². The summed E-state index contributed by atoms with van der Waals surface area (Å²) in [5.74, 6) is -0.373. The number of H-pyrrole nitrogens is 1. The number of amides is 1. The average Bonchev–Trinajstić information content (AvgIpc) is 3.31. The van der Waals surface area contributed by atoms with Gasteiger partial charge in [0.05, 0.1) is 0 Å². The third-order valence-electron chi connectivity index (χ3n) is 5.28. The number of nitrogens with two attached hydrogens (primary N) is 1. The molecule has 0 atom stereocenters. The van der Waals surface area contributed by atoms with E-state index < -0.39 is 21.3 Å². The van der Waals surface area contributed by atoms with E-state index in [4.69, 9.17) is 5.73 Å². The molecule has 10 nitrogen and oxygen atoms in total. The Labute approximate surface area is 198 Å². The lowest BCUT2D eigenvalue weighted by Gasteiger charge is -2.25. The Kier molecular flexibility index (Phi) is 9.87. The minimum Gasteiger partial charge on any atom is -0.383 e. The molecule has 0 aliphatic carbocycles. The molecule has 2 aromatic heterocycles. The van der Waals surface area contributed by atoms with Crippen LogP contribution in [-0.2, 0) is 21.4 Å². The van der Waals surface area contributed by atoms with E-state index in [9.17, 15) is 22.8 Å². The first-order chi connectivity index (χ1) is 15.6. The average molecular weight is 500 g/mol. The zero-order chi connectivity index (χ0) is 24.6. The van der Waals surface area contributed by atoms with Crippen LogP contribution in [0.4, 0.5) is 11.5 Å². The van der Waals surface area contributed by atoms with Crippen LogP contribution >= 0.6 is 11.3 Å². The van der Waals surface area contributed by atoms with Gasteiger partial charge in [0.15, 0.2) is 5.69 Å². The van der Waals surface area contributed by atoms with Gasteiger partial charge in [0, 0.05) is 33.1 Å². The molecule has 2 heterocycles. The Balaban J connectivity index is 2.21. The lowest BCUT2D eigenvalue weighted by Crippen LogP contribution is -2.41. The third-order valence-corrected chi connectivity index (χ3v) is 8.51. The monoisotopic (exact) mass is 499 g/mol. The second-order valence-electron chi connectivity index (χ2n) is 7.76. The van der Waals surface area contributed by atoms with Gasteiger partial charge in [0.2, 0.25) is 5.91 Å². The van der Waals surface area contributed by atoms with Gasteiger partial charge in [-0.3, -0.25) is 19.1 Å². The van der Waals surface area contributed by atoms with Gasteiger partial charge in [-0.25, -0.2) is 17.5 Å². The Morgan fingerprint density at radius 2 is 1.85 bits per heavy atom. The molecular weight excluding hydrogens is 466 g/mol. The van der Waals surface area contributed by atoms with E-state index >= 15 is 0 Å². The number of unbranched alkanes of at least 4 members (excludes halogenated alkanes) is 2. The molecule has 3 N–H and O–H groups in total. The third kappa shape index (κ3) is 6.55. The molecular formula is C21H33N5O5S2. The highest BCUT2D eigenvalue weighted by molar-refractivity contribution is 7.91. The molecule has 1 amide bonds. The number of carbonyl (C=O) groups is 1. The summed E-state index contributed by atoms with van der Waals surface area (Å²) in [6, 6.07) is 3.21. The van der Waals surface area contributed by atoms with Crippen LogP contribution in [-0.4, -0.2) is 48.3 Å². The molecule has 0 spiro atoms. The van der Waals surface area contributed by atoms with Crippen LogP contribution in [0.2, 0.25) is 0 Å². The van der Waals surface area contributed by atoms with Crippen LogP contribution in [0.5, 0.6) is 0 Å². The number of hydrogen-bond donors (Lipinski definition) is 2. The Morgan fingerprint density at radius 3 is 2.45 bits per heavy atom. The topological polar surface area (TPSA) is 139 Å². The zero-order valence-electron chi connectivity index (χ0n) is 19.4. The number of nitrogen functional groups attached to an aromatic ring is 1. The quantitative estimate of drug-likeness (QED) is 0.433. The fraction of sp³-hybridized carbons (Fsp3) is 0.571. The number of hydrogen-bond acceptors (Lipinski definition) is 7. The summed E-state index contributed by atoms with van der Waals surface area (Å²) in [4.78, 5) is 41.5. The number of anilines is 2. The van der Waals surface area contributed by atoms with Crippen molar-refractivity contribution in [2.45, 2.75) is 63.1 Å². The first-order valence-corrected chi connectivity index (χ1v) is 13.4. The van der Waals surface area contributed by atoms with Gasteiger partial charge in [-0.05, 0) is 30.7 Å². The van der Waals surface area contributed by atoms with Crippen LogP contribution in [0.3, 0.4) is 0 Å². The predicted octanol–water partition coefficient (Wildman–Crippen LogP) is 2.21. The van der Waals surface area contributed by atoms with Crippen molar-refractivity contribution in [1.29, 1.82) is 0 Å². The molecule has 2 rings (SSSR count). The summed E-state index contributed by atoms with van der Waals surface area (Å²) in [6.45, 7) is 4.70. The lowest BCUT2D eigenvalue weighted by molar-refractivity contribution is -0.118. The van der Waals surface area contributed by atoms with E-state index in [2.05, 4.69) is 4.98 Å². The van der Waals surface area contributed by atoms with Crippen molar-refractivity contribution < 1.29 is 13.2 Å². The highest BCUT2D eigenvalue weighted by Gasteiger charge is 2.25. The highest BCUT2D eigenvalue weighted by atomic mass is 32.2. The SMILES string of the molecule is CCCCN(C(=O)CCCN(C)S(=O)(=O)c1cccs1)c1c(N)n(CCCC)c(=O)[nH]c1=O. The predicted molar refractivity (Wildman–Crippen MR) is 131 cm³/mol. The maximum atomic E-state index is 13.1. The second-order valence-corrected chi connectivity index (χ2v) is 11.0. The summed E-state index contributed by atoms with van der Waals surface area (Å²) in [6.07, 6.45) is 3.27. The van der Waals surface area contributed by atoms with Crippen molar-refractivity contribution in [2.75, 3.05) is 30.8 Å². The van der Waals surface area contributed by atoms with Gasteiger partial charge in [0.1, 0.15) is 10.0 Å². The standard InChI is InChI=1S/C21H33N5O5S2/c1-4-6-13-25(18-19(22)26(14-7-5-2)21(29)23-20(18)28)16(27)10-8-12-24(3)33(30,31)17-11-9-15-32-17/h9,11,15H,4-8,10,12-14,22H2,1-3H3,(H,23,28,29). The molecule has 0 bridgehead atoms. The van der Waals surface area contributed by atoms with E-state index in [1.807, 2.05) is 13.8 Å². The number of nitrogens with zero attached hydrogens (tertiary/aromatic N) is 3. The molecule has 0 fully saturated rings. The van der Waals surface area contributed by atoms with Gasteiger partial charge in [-0.1, -0.05) is 32.8 Å². The highest BCUT2D eigenvalue weighted by Crippen LogP contribution is 2.22. The summed E-state index contributed by atoms with van der Waals surface area (Å²) < 4.78 is 27.9. The number of thiophene rings is 1. The van der Waals surface area contributed by atoms with Crippen molar-refractivity contribution in [1.82, 2.24) is 13.9 Å². The van der Waals surface area contributed by atoms with Gasteiger partial charge in [-0.2, -0.15) is 0 Å². The van der Waals surface area contributed by atoms with Crippen LogP contribution in [0.25, 0.3) is 0 Å². The van der Waals surface area contributed by atoms with E-state index in [1.54, 1.807) is 11.4 Å². The Morgan fingerprint density at radius 1 is 1.15 bits per heavy atom. The first-order valence-electron chi connectivity index (χ1n) is 11.1. The molecule has 0 radical (unpaired) electrons. The summed E-state index contributed by atoms with van der Waals surface area (Å²) >= 11 is 1.14. The molecule has 184 valence electrons. The fourth-order valence-corrected chi connectivity index (χ4v) is 5.74. The number of aromatic amines is 1.